The van der Waals surface area contributed by atoms with Crippen LogP contribution in [-0.4, -0.2) is 52.4 Å². The van der Waals surface area contributed by atoms with Gasteiger partial charge in [-0.1, -0.05) is 42.5 Å². The van der Waals surface area contributed by atoms with E-state index in [1.807, 2.05) is 72.9 Å². The normalized spacial score (nSPS) is 15.0. The Kier molecular flexibility index (Phi) is 7.06. The first kappa shape index (κ1) is 25.4. The van der Waals surface area contributed by atoms with Crippen LogP contribution in [0.15, 0.2) is 85.1 Å². The van der Waals surface area contributed by atoms with Crippen LogP contribution in [0.25, 0.3) is 23.0 Å². The second-order valence-corrected chi connectivity index (χ2v) is 9.76. The quantitative estimate of drug-likeness (QED) is 0.260. The van der Waals surface area contributed by atoms with Crippen molar-refractivity contribution in [3.63, 3.8) is 0 Å². The third kappa shape index (κ3) is 5.33. The Labute approximate surface area is 232 Å². The van der Waals surface area contributed by atoms with Crippen molar-refractivity contribution in [3.05, 3.63) is 102 Å². The minimum absolute atomic E-state index is 0.204. The van der Waals surface area contributed by atoms with Crippen LogP contribution in [0.4, 0.5) is 0 Å². The van der Waals surface area contributed by atoms with Crippen molar-refractivity contribution < 1.29 is 23.8 Å². The molecule has 2 aliphatic rings. The molecule has 0 bridgehead atoms. The van der Waals surface area contributed by atoms with Crippen molar-refractivity contribution in [2.75, 3.05) is 19.8 Å². The number of amides is 1. The van der Waals surface area contributed by atoms with Gasteiger partial charge in [-0.25, -0.2) is 9.48 Å². The van der Waals surface area contributed by atoms with Gasteiger partial charge in [0, 0.05) is 36.5 Å². The van der Waals surface area contributed by atoms with Crippen LogP contribution >= 0.6 is 0 Å². The number of rotatable bonds is 6. The fourth-order valence-electron chi connectivity index (χ4n) is 5.00. The smallest absolute Gasteiger partial charge is 0.331 e. The van der Waals surface area contributed by atoms with E-state index in [1.54, 1.807) is 22.6 Å². The Bertz CT molecular complexity index is 1580. The number of fused-ring (bicyclic) bond motifs is 2. The SMILES string of the molecule is C[C@@H](OC(=O)/C=C/c1cn(-c2ccccc2)nc1-c1ccc2c(c1)OCCO2)C(=O)N1CCc2ccccc2C1. The van der Waals surface area contributed by atoms with Gasteiger partial charge < -0.3 is 19.1 Å². The molecule has 0 saturated heterocycles. The molecule has 8 nitrogen and oxygen atoms in total. The minimum atomic E-state index is -0.897. The van der Waals surface area contributed by atoms with Crippen molar-refractivity contribution in [2.45, 2.75) is 26.0 Å². The third-order valence-corrected chi connectivity index (χ3v) is 7.06. The summed E-state index contributed by atoms with van der Waals surface area (Å²) in [7, 11) is 0. The summed E-state index contributed by atoms with van der Waals surface area (Å²) in [6.45, 7) is 3.73. The Morgan fingerprint density at radius 3 is 2.52 bits per heavy atom. The van der Waals surface area contributed by atoms with Crippen molar-refractivity contribution >= 4 is 18.0 Å². The lowest BCUT2D eigenvalue weighted by molar-refractivity contribution is -0.155. The highest BCUT2D eigenvalue weighted by molar-refractivity contribution is 5.91. The number of benzene rings is 3. The van der Waals surface area contributed by atoms with Gasteiger partial charge >= 0.3 is 5.97 Å². The van der Waals surface area contributed by atoms with E-state index >= 15 is 0 Å². The zero-order chi connectivity index (χ0) is 27.5. The fraction of sp³-hybridized carbons (Fsp3) is 0.219. The molecule has 1 atom stereocenters. The Morgan fingerprint density at radius 2 is 1.70 bits per heavy atom. The molecule has 0 saturated carbocycles. The zero-order valence-corrected chi connectivity index (χ0v) is 22.2. The van der Waals surface area contributed by atoms with Gasteiger partial charge in [-0.3, -0.25) is 4.79 Å². The summed E-state index contributed by atoms with van der Waals surface area (Å²) < 4.78 is 18.7. The van der Waals surface area contributed by atoms with Gasteiger partial charge in [-0.2, -0.15) is 5.10 Å². The van der Waals surface area contributed by atoms with Crippen LogP contribution in [0.3, 0.4) is 0 Å². The molecule has 6 rings (SSSR count). The first-order valence-corrected chi connectivity index (χ1v) is 13.3. The zero-order valence-electron chi connectivity index (χ0n) is 22.2. The minimum Gasteiger partial charge on any atom is -0.486 e. The van der Waals surface area contributed by atoms with E-state index in [4.69, 9.17) is 19.3 Å². The van der Waals surface area contributed by atoms with Crippen molar-refractivity contribution in [1.82, 2.24) is 14.7 Å². The second-order valence-electron chi connectivity index (χ2n) is 9.76. The maximum Gasteiger partial charge on any atom is 0.331 e. The maximum atomic E-state index is 13.0. The summed E-state index contributed by atoms with van der Waals surface area (Å²) in [5.41, 5.74) is 5.46. The Hall–Kier alpha value is -4.85. The molecular formula is C32H29N3O5. The predicted molar refractivity (Wildman–Crippen MR) is 150 cm³/mol. The average Bonchev–Trinajstić information content (AvgIpc) is 3.44. The number of carbonyl (C=O) groups excluding carboxylic acids is 2. The largest absolute Gasteiger partial charge is 0.486 e. The number of para-hydroxylation sites is 1. The molecule has 3 aromatic carbocycles. The van der Waals surface area contributed by atoms with Gasteiger partial charge in [0.15, 0.2) is 17.6 Å². The fourth-order valence-corrected chi connectivity index (χ4v) is 5.00. The van der Waals surface area contributed by atoms with Gasteiger partial charge in [0.2, 0.25) is 0 Å². The van der Waals surface area contributed by atoms with E-state index in [0.29, 0.717) is 49.1 Å². The summed E-state index contributed by atoms with van der Waals surface area (Å²) in [6, 6.07) is 23.5. The molecule has 3 heterocycles. The van der Waals surface area contributed by atoms with Crippen LogP contribution in [0, 0.1) is 0 Å². The van der Waals surface area contributed by atoms with E-state index in [2.05, 4.69) is 6.07 Å². The van der Waals surface area contributed by atoms with Crippen LogP contribution in [-0.2, 0) is 27.3 Å². The summed E-state index contributed by atoms with van der Waals surface area (Å²) in [6.07, 6.45) is 4.74. The van der Waals surface area contributed by atoms with E-state index < -0.39 is 12.1 Å². The molecule has 1 aromatic heterocycles. The molecule has 4 aromatic rings. The molecule has 0 spiro atoms. The lowest BCUT2D eigenvalue weighted by Crippen LogP contribution is -2.42. The average molecular weight is 536 g/mol. The van der Waals surface area contributed by atoms with Gasteiger partial charge in [-0.15, -0.1) is 0 Å². The summed E-state index contributed by atoms with van der Waals surface area (Å²) in [5.74, 6) is 0.540. The molecule has 0 N–H and O–H groups in total. The van der Waals surface area contributed by atoms with Gasteiger partial charge in [0.1, 0.15) is 18.9 Å². The summed E-state index contributed by atoms with van der Waals surface area (Å²) in [5, 5.41) is 4.80. The van der Waals surface area contributed by atoms with Crippen molar-refractivity contribution in [3.8, 4) is 28.4 Å². The lowest BCUT2D eigenvalue weighted by Gasteiger charge is -2.30. The maximum absolute atomic E-state index is 13.0. The van der Waals surface area contributed by atoms with Crippen LogP contribution in [0.1, 0.15) is 23.6 Å². The third-order valence-electron chi connectivity index (χ3n) is 7.06. The topological polar surface area (TPSA) is 82.9 Å². The number of nitrogens with zero attached hydrogens (tertiary/aromatic N) is 3. The summed E-state index contributed by atoms with van der Waals surface area (Å²) in [4.78, 5) is 27.6. The molecule has 0 aliphatic carbocycles. The first-order valence-electron chi connectivity index (χ1n) is 13.3. The molecule has 0 fully saturated rings. The predicted octanol–water partition coefficient (Wildman–Crippen LogP) is 4.84. The molecular weight excluding hydrogens is 506 g/mol. The van der Waals surface area contributed by atoms with Gasteiger partial charge in [0.25, 0.3) is 5.91 Å². The Morgan fingerprint density at radius 1 is 0.950 bits per heavy atom. The summed E-state index contributed by atoms with van der Waals surface area (Å²) >= 11 is 0. The molecule has 8 heteroatoms. The highest BCUT2D eigenvalue weighted by Gasteiger charge is 2.26. The molecule has 1 amide bonds. The monoisotopic (exact) mass is 535 g/mol. The Balaban J connectivity index is 1.20. The van der Waals surface area contributed by atoms with Gasteiger partial charge in [-0.05, 0) is 60.9 Å². The number of hydrogen-bond donors (Lipinski definition) is 0. The van der Waals surface area contributed by atoms with E-state index in [9.17, 15) is 9.59 Å². The van der Waals surface area contributed by atoms with E-state index in [1.165, 1.54) is 11.6 Å². The van der Waals surface area contributed by atoms with E-state index in [0.717, 1.165) is 23.2 Å². The van der Waals surface area contributed by atoms with Crippen LogP contribution in [0.2, 0.25) is 0 Å². The number of hydrogen-bond acceptors (Lipinski definition) is 6. The van der Waals surface area contributed by atoms with E-state index in [-0.39, 0.29) is 5.91 Å². The number of esters is 1. The van der Waals surface area contributed by atoms with Gasteiger partial charge in [0.05, 0.1) is 5.69 Å². The lowest BCUT2D eigenvalue weighted by atomic mass is 9.99. The second kappa shape index (κ2) is 11.1. The van der Waals surface area contributed by atoms with Crippen LogP contribution < -0.4 is 9.47 Å². The molecule has 0 unspecified atom stereocenters. The van der Waals surface area contributed by atoms with Crippen LogP contribution in [0.5, 0.6) is 11.5 Å². The molecule has 0 radical (unpaired) electrons. The number of carbonyl (C=O) groups is 2. The number of aromatic nitrogens is 2. The molecule has 40 heavy (non-hydrogen) atoms. The molecule has 2 aliphatic heterocycles. The molecule has 202 valence electrons. The highest BCUT2D eigenvalue weighted by Crippen LogP contribution is 2.35. The van der Waals surface area contributed by atoms with Crippen molar-refractivity contribution in [2.24, 2.45) is 0 Å². The standard InChI is InChI=1S/C32H29N3O5/c1-22(32(37)34-16-15-23-7-5-6-8-25(23)20-34)40-30(36)14-12-26-21-35(27-9-3-2-4-10-27)33-31(26)24-11-13-28-29(19-24)39-18-17-38-28/h2-14,19,21-22H,15-18,20H2,1H3/b14-12+/t22-/m1/s1. The van der Waals surface area contributed by atoms with Crippen molar-refractivity contribution in [1.29, 1.82) is 0 Å². The first-order chi connectivity index (χ1) is 19.5. The number of ether oxygens (including phenoxy) is 3. The highest BCUT2D eigenvalue weighted by atomic mass is 16.6.